The predicted octanol–water partition coefficient (Wildman–Crippen LogP) is 20.1. The minimum absolute atomic E-state index is 0. The number of nitrogen functional groups attached to an aromatic ring is 1. The number of aliphatic carboxylic acids is 1. The number of rotatable bonds is 28. The zero-order valence-corrected chi connectivity index (χ0v) is 86.5. The molecule has 147 heavy (non-hydrogen) atoms. The van der Waals surface area contributed by atoms with Crippen LogP contribution in [0.5, 0.6) is 0 Å². The monoisotopic (exact) mass is 2000 g/mol. The molecule has 16 aromatic rings. The molecular formula is C116H119N8NaO22. The summed E-state index contributed by atoms with van der Waals surface area (Å²) in [5.41, 5.74) is 39.4. The first-order chi connectivity index (χ1) is 69.4. The van der Waals surface area contributed by atoms with Crippen molar-refractivity contribution in [2.24, 2.45) is 11.5 Å². The Hall–Kier alpha value is -16.2. The number of esters is 3. The van der Waals surface area contributed by atoms with Crippen molar-refractivity contribution in [3.8, 4) is 44.5 Å². The summed E-state index contributed by atoms with van der Waals surface area (Å²) in [4.78, 5) is 122. The number of furan rings is 4. The molecule has 0 atom stereocenters. The van der Waals surface area contributed by atoms with Crippen LogP contribution in [0.1, 0.15) is 171 Å². The Balaban J connectivity index is 0.000000193. The second-order valence-corrected chi connectivity index (χ2v) is 36.0. The standard InChI is InChI=1S/C32H34N2O6.C27H26N2O4.C25H22N2O4.C21H21NO5.C11H15NO2.Na.H2O/c1-6-38-27(35)18-23-12-7-9-20(2)28(23)34-30(36)25-16-24-13-14-39-29(24)26(17-25)22-11-8-10-21(15-22)19-33-31(37)40-32(3,4)5;1-3-32-24(30)15-20-9-4-6-17(2)25(20)29-27(31)22-13-21-10-11-33-26(21)23(14-22)19-8-5-7-18(12-19)16-28;1-15-4-2-7-18(13-22(28)29)23(15)27-25(30)20-11-19-8-9-31-24(19)21(12-20)17-6-3-5-16(10-17)14-26;1-21(2,3)27-20(25)22-12-13-5-4-6-14(9-13)17-11-16(19(23)24)10-15-7-8-26-18(15)17;1-3-14-10(13)7-9-6-4-5-8(2)11(9)12;;/h7-17H,6,18-19H2,1-5H3,(H,33,37)(H,34,36);4-14H,3,15-16,28H2,1-2H3,(H,29,31);2-12H,13-14,26H2,1H3,(H,27,30)(H,28,29);4-11H,12H2,1-3H3,(H,22,25)(H,23,24);4-6H,3,7,12H2,1-2H3;;1H2/q;;;;;+1;/p-1. The Morgan fingerprint density at radius 2 is 0.612 bits per heavy atom. The molecule has 0 unspecified atom stereocenters. The molecule has 16 rings (SSSR count). The van der Waals surface area contributed by atoms with Gasteiger partial charge in [-0.15, -0.1) is 0 Å². The van der Waals surface area contributed by atoms with Gasteiger partial charge < -0.3 is 101 Å². The molecule has 0 bridgehead atoms. The number of carbonyl (C=O) groups excluding carboxylic acids is 8. The van der Waals surface area contributed by atoms with Gasteiger partial charge in [-0.05, 0) is 276 Å². The van der Waals surface area contributed by atoms with Crippen molar-refractivity contribution in [1.82, 2.24) is 10.6 Å². The number of aryl methyl sites for hydroxylation is 4. The van der Waals surface area contributed by atoms with E-state index in [-0.39, 0.29) is 115 Å². The molecule has 0 saturated heterocycles. The summed E-state index contributed by atoms with van der Waals surface area (Å²) in [5, 5.41) is 36.1. The number of carboxylic acid groups (broad SMARTS) is 2. The maximum atomic E-state index is 13.5. The number of nitrogens with one attached hydrogen (secondary N) is 5. The Kier molecular flexibility index (Phi) is 40.1. The van der Waals surface area contributed by atoms with Gasteiger partial charge in [0.05, 0.1) is 76.1 Å². The molecule has 756 valence electrons. The number of hydrogen-bond donors (Lipinski definition) is 10. The number of amides is 5. The summed E-state index contributed by atoms with van der Waals surface area (Å²) in [5.74, 6) is -3.78. The SMILES string of the molecule is CC(C)(C)OC(=O)NCc1cccc(-c2cc(C(=O)O)cc3ccoc23)c1.CCOC(=O)Cc1cccc(C)c1N.CCOC(=O)Cc1cccc(C)c1NC(=O)c1cc(-c2cccc(CN)c2)c2occc2c1.CCOC(=O)Cc1cccc(C)c1NC(=O)c1cc(-c2cccc(CNC(=O)OC(C)(C)C)c2)c2occc2c1.Cc1cccc(CC(=O)O)c1NC(=O)c1cc(-c2cccc(CN)c2)c2occc2c1.[Na+].[OH-]. The van der Waals surface area contributed by atoms with Gasteiger partial charge in [0.15, 0.2) is 0 Å². The number of aromatic carboxylic acids is 1. The van der Waals surface area contributed by atoms with Gasteiger partial charge in [0.1, 0.15) is 33.5 Å². The van der Waals surface area contributed by atoms with Crippen LogP contribution in [0.4, 0.5) is 32.3 Å². The first-order valence-electron chi connectivity index (χ1n) is 47.1. The van der Waals surface area contributed by atoms with Gasteiger partial charge in [0.25, 0.3) is 17.7 Å². The van der Waals surface area contributed by atoms with Crippen LogP contribution in [0.3, 0.4) is 0 Å². The van der Waals surface area contributed by atoms with Crippen molar-refractivity contribution in [3.63, 3.8) is 0 Å². The van der Waals surface area contributed by atoms with Crippen LogP contribution in [-0.4, -0.2) is 106 Å². The van der Waals surface area contributed by atoms with Crippen molar-refractivity contribution in [1.29, 1.82) is 0 Å². The zero-order valence-electron chi connectivity index (χ0n) is 84.5. The van der Waals surface area contributed by atoms with E-state index in [1.807, 2.05) is 224 Å². The van der Waals surface area contributed by atoms with Crippen LogP contribution < -0.4 is 73.3 Å². The fraction of sp³-hybridized carbons (Fsp3) is 0.224. The summed E-state index contributed by atoms with van der Waals surface area (Å²) in [6, 6.07) is 74.0. The predicted molar refractivity (Wildman–Crippen MR) is 563 cm³/mol. The zero-order chi connectivity index (χ0) is 104. The molecule has 0 aliphatic carbocycles. The van der Waals surface area contributed by atoms with E-state index in [4.69, 9.17) is 58.6 Å². The van der Waals surface area contributed by atoms with Gasteiger partial charge in [0.2, 0.25) is 0 Å². The van der Waals surface area contributed by atoms with Gasteiger partial charge in [-0.3, -0.25) is 33.6 Å². The van der Waals surface area contributed by atoms with E-state index in [0.29, 0.717) is 117 Å². The van der Waals surface area contributed by atoms with Gasteiger partial charge >= 0.3 is 71.6 Å². The number of hydrogen-bond acceptors (Lipinski definition) is 23. The first-order valence-corrected chi connectivity index (χ1v) is 47.1. The normalized spacial score (nSPS) is 10.8. The second kappa shape index (κ2) is 52.3. The molecule has 31 heteroatoms. The maximum absolute atomic E-state index is 13.5. The van der Waals surface area contributed by atoms with Gasteiger partial charge in [-0.2, -0.15) is 0 Å². The van der Waals surface area contributed by atoms with Crippen LogP contribution in [0.15, 0.2) is 285 Å². The van der Waals surface area contributed by atoms with E-state index in [9.17, 15) is 58.2 Å². The van der Waals surface area contributed by atoms with Gasteiger partial charge in [-0.25, -0.2) is 14.4 Å². The van der Waals surface area contributed by atoms with E-state index in [2.05, 4.69) is 26.6 Å². The molecule has 30 nitrogen and oxygen atoms in total. The third kappa shape index (κ3) is 31.2. The maximum Gasteiger partial charge on any atom is 1.00 e. The van der Waals surface area contributed by atoms with Gasteiger partial charge in [-0.1, -0.05) is 146 Å². The summed E-state index contributed by atoms with van der Waals surface area (Å²) >= 11 is 0. The smallest absolute Gasteiger partial charge is 0.870 e. The summed E-state index contributed by atoms with van der Waals surface area (Å²) in [6.45, 7) is 26.1. The third-order valence-electron chi connectivity index (χ3n) is 22.8. The van der Waals surface area contributed by atoms with Crippen molar-refractivity contribution in [3.05, 3.63) is 357 Å². The molecule has 0 spiro atoms. The van der Waals surface area contributed by atoms with E-state index in [0.717, 1.165) is 111 Å². The first kappa shape index (κ1) is 113. The fourth-order valence-corrected chi connectivity index (χ4v) is 16.0. The Labute approximate surface area is 873 Å². The molecular weight excluding hydrogens is 1880 g/mol. The fourth-order valence-electron chi connectivity index (χ4n) is 16.0. The van der Waals surface area contributed by atoms with Crippen LogP contribution in [-0.2, 0) is 94.7 Å². The molecule has 0 aliphatic rings. The van der Waals surface area contributed by atoms with Gasteiger partial charge in [0, 0.05) is 109 Å². The number of ether oxygens (including phenoxy) is 5. The summed E-state index contributed by atoms with van der Waals surface area (Å²) in [6.07, 6.45) is 5.56. The van der Waals surface area contributed by atoms with Crippen LogP contribution in [0.2, 0.25) is 0 Å². The molecule has 4 aromatic heterocycles. The van der Waals surface area contributed by atoms with Crippen molar-refractivity contribution < 1.29 is 135 Å². The minimum Gasteiger partial charge on any atom is -0.870 e. The Bertz CT molecular complexity index is 7440. The molecule has 0 aliphatic heterocycles. The molecule has 5 amide bonds. The summed E-state index contributed by atoms with van der Waals surface area (Å²) < 4.78 is 48.3. The molecule has 12 aromatic carbocycles. The number of carboxylic acids is 2. The number of carbonyl (C=O) groups is 10. The van der Waals surface area contributed by atoms with Crippen LogP contribution >= 0.6 is 0 Å². The summed E-state index contributed by atoms with van der Waals surface area (Å²) in [7, 11) is 0. The number of anilines is 4. The minimum atomic E-state index is -0.998. The van der Waals surface area contributed by atoms with E-state index < -0.39 is 35.3 Å². The van der Waals surface area contributed by atoms with Crippen molar-refractivity contribution in [2.75, 3.05) is 41.5 Å². The van der Waals surface area contributed by atoms with Crippen molar-refractivity contribution in [2.45, 2.75) is 153 Å². The average molecular weight is 2000 g/mol. The molecule has 14 N–H and O–H groups in total. The molecule has 0 saturated carbocycles. The second-order valence-electron chi connectivity index (χ2n) is 36.0. The molecule has 0 fully saturated rings. The topological polar surface area (TPSA) is 478 Å². The van der Waals surface area contributed by atoms with Crippen LogP contribution in [0, 0.1) is 27.7 Å². The average Bonchev–Trinajstić information content (AvgIpc) is 1.18. The molecule has 4 heterocycles. The Morgan fingerprint density at radius 3 is 0.912 bits per heavy atom. The molecule has 0 radical (unpaired) electrons. The van der Waals surface area contributed by atoms with Crippen molar-refractivity contribution >= 4 is 126 Å². The number of nitrogens with two attached hydrogens (primary N) is 3. The quantitative estimate of drug-likeness (QED) is 0.00942. The van der Waals surface area contributed by atoms with E-state index in [1.54, 1.807) is 127 Å². The van der Waals surface area contributed by atoms with Crippen LogP contribution in [0.25, 0.3) is 88.4 Å². The number of benzene rings is 12. The van der Waals surface area contributed by atoms with E-state index >= 15 is 0 Å². The Morgan fingerprint density at radius 1 is 0.340 bits per heavy atom. The largest absolute Gasteiger partial charge is 1.00 e. The number of fused-ring (bicyclic) bond motifs is 4. The number of alkyl carbamates (subject to hydrolysis) is 2. The van der Waals surface area contributed by atoms with E-state index in [1.165, 1.54) is 6.26 Å². The number of para-hydroxylation sites is 4. The third-order valence-corrected chi connectivity index (χ3v) is 22.8.